The molecular weight excluding hydrogens is 286 g/mol. The van der Waals surface area contributed by atoms with E-state index < -0.39 is 0 Å². The third-order valence-corrected chi connectivity index (χ3v) is 4.16. The maximum atomic E-state index is 12.2. The van der Waals surface area contributed by atoms with Crippen LogP contribution in [0.4, 0.5) is 5.82 Å². The third kappa shape index (κ3) is 2.44. The van der Waals surface area contributed by atoms with Gasteiger partial charge in [0.05, 0.1) is 11.9 Å². The summed E-state index contributed by atoms with van der Waals surface area (Å²) in [6, 6.07) is 2.14. The molecule has 0 unspecified atom stereocenters. The van der Waals surface area contributed by atoms with Crippen LogP contribution in [0.15, 0.2) is 28.6 Å². The fourth-order valence-electron chi connectivity index (χ4n) is 2.25. The highest BCUT2D eigenvalue weighted by Gasteiger charge is 2.11. The van der Waals surface area contributed by atoms with Crippen LogP contribution in [0.2, 0.25) is 0 Å². The topological polar surface area (TPSA) is 64.7 Å². The van der Waals surface area contributed by atoms with Crippen LogP contribution in [0.5, 0.6) is 0 Å². The number of thiophene rings is 1. The largest absolute Gasteiger partial charge is 0.372 e. The molecule has 0 saturated heterocycles. The molecule has 0 spiro atoms. The maximum absolute atomic E-state index is 12.2. The normalized spacial score (nSPS) is 11.4. The molecule has 0 amide bonds. The van der Waals surface area contributed by atoms with Crippen LogP contribution >= 0.6 is 11.3 Å². The van der Waals surface area contributed by atoms with Crippen LogP contribution in [-0.2, 0) is 6.54 Å². The van der Waals surface area contributed by atoms with Gasteiger partial charge in [-0.05, 0) is 25.3 Å². The van der Waals surface area contributed by atoms with Gasteiger partial charge < -0.3 is 5.32 Å². The molecule has 0 saturated carbocycles. The summed E-state index contributed by atoms with van der Waals surface area (Å²) in [5, 5.41) is 6.09. The van der Waals surface area contributed by atoms with E-state index in [2.05, 4.69) is 15.3 Å². The Balaban J connectivity index is 2.00. The summed E-state index contributed by atoms with van der Waals surface area (Å²) >= 11 is 1.57. The van der Waals surface area contributed by atoms with Crippen LogP contribution in [-0.4, -0.2) is 26.1 Å². The summed E-state index contributed by atoms with van der Waals surface area (Å²) in [7, 11) is 1.84. The molecule has 0 aliphatic rings. The lowest BCUT2D eigenvalue weighted by atomic mass is 10.3. The maximum Gasteiger partial charge on any atom is 0.328 e. The van der Waals surface area contributed by atoms with Crippen molar-refractivity contribution in [2.45, 2.75) is 26.4 Å². The lowest BCUT2D eigenvalue weighted by Gasteiger charge is -2.06. The van der Waals surface area contributed by atoms with E-state index in [0.29, 0.717) is 12.4 Å². The van der Waals surface area contributed by atoms with Crippen molar-refractivity contribution in [1.82, 2.24) is 19.1 Å². The molecule has 1 N–H and O–H groups in total. The average molecular weight is 303 g/mol. The van der Waals surface area contributed by atoms with Gasteiger partial charge in [-0.15, -0.1) is 11.3 Å². The second-order valence-electron chi connectivity index (χ2n) is 5.09. The molecule has 0 aliphatic heterocycles. The minimum absolute atomic E-state index is 0.0362. The van der Waals surface area contributed by atoms with Crippen LogP contribution in [0, 0.1) is 0 Å². The van der Waals surface area contributed by atoms with Gasteiger partial charge in [0, 0.05) is 25.5 Å². The van der Waals surface area contributed by atoms with Gasteiger partial charge in [-0.25, -0.2) is 14.8 Å². The minimum atomic E-state index is -0.0362. The van der Waals surface area contributed by atoms with E-state index in [-0.39, 0.29) is 11.7 Å². The minimum Gasteiger partial charge on any atom is -0.372 e. The van der Waals surface area contributed by atoms with Gasteiger partial charge in [-0.3, -0.25) is 9.13 Å². The molecular formula is C14H17N5OS. The molecule has 0 aliphatic carbocycles. The van der Waals surface area contributed by atoms with Gasteiger partial charge in [0.1, 0.15) is 10.6 Å². The molecule has 110 valence electrons. The standard InChI is InChI=1S/C14H17N5OS/c1-9(2)19-6-5-18(14(19)20)8-11-16-12(15-3)10-4-7-21-13(10)17-11/h4-7,9H,8H2,1-3H3,(H,15,16,17). The van der Waals surface area contributed by atoms with Crippen molar-refractivity contribution in [2.75, 3.05) is 12.4 Å². The van der Waals surface area contributed by atoms with Crippen molar-refractivity contribution in [1.29, 1.82) is 0 Å². The second-order valence-corrected chi connectivity index (χ2v) is 5.98. The smallest absolute Gasteiger partial charge is 0.328 e. The summed E-state index contributed by atoms with van der Waals surface area (Å²) < 4.78 is 3.33. The third-order valence-electron chi connectivity index (χ3n) is 3.35. The molecule has 0 atom stereocenters. The summed E-state index contributed by atoms with van der Waals surface area (Å²) in [6.45, 7) is 4.35. The second kappa shape index (κ2) is 5.33. The van der Waals surface area contributed by atoms with E-state index in [9.17, 15) is 4.79 Å². The lowest BCUT2D eigenvalue weighted by molar-refractivity contribution is 0.558. The predicted molar refractivity (Wildman–Crippen MR) is 85.1 cm³/mol. The number of fused-ring (bicyclic) bond motifs is 1. The molecule has 3 heterocycles. The molecule has 21 heavy (non-hydrogen) atoms. The first kappa shape index (κ1) is 13.8. The van der Waals surface area contributed by atoms with E-state index >= 15 is 0 Å². The Labute approximate surface area is 126 Å². The summed E-state index contributed by atoms with van der Waals surface area (Å²) in [5.41, 5.74) is -0.0362. The first-order chi connectivity index (χ1) is 10.1. The zero-order valence-corrected chi connectivity index (χ0v) is 13.0. The van der Waals surface area contributed by atoms with E-state index in [4.69, 9.17) is 0 Å². The molecule has 3 aromatic rings. The Bertz CT molecular complexity index is 829. The monoisotopic (exact) mass is 303 g/mol. The molecule has 3 rings (SSSR count). The van der Waals surface area contributed by atoms with Gasteiger partial charge >= 0.3 is 5.69 Å². The van der Waals surface area contributed by atoms with Crippen molar-refractivity contribution >= 4 is 27.4 Å². The van der Waals surface area contributed by atoms with Crippen LogP contribution in [0.1, 0.15) is 25.7 Å². The average Bonchev–Trinajstić information content (AvgIpc) is 3.05. The molecule has 3 aromatic heterocycles. The fraction of sp³-hybridized carbons (Fsp3) is 0.357. The summed E-state index contributed by atoms with van der Waals surface area (Å²) in [6.07, 6.45) is 3.58. The predicted octanol–water partition coefficient (Wildman–Crippen LogP) is 2.33. The lowest BCUT2D eigenvalue weighted by Crippen LogP contribution is -2.26. The van der Waals surface area contributed by atoms with Crippen LogP contribution in [0.25, 0.3) is 10.2 Å². The number of hydrogen-bond donors (Lipinski definition) is 1. The first-order valence-corrected chi connectivity index (χ1v) is 7.67. The SMILES string of the molecule is CNc1nc(Cn2ccn(C(C)C)c2=O)nc2sccc12. The molecule has 0 radical (unpaired) electrons. The van der Waals surface area contributed by atoms with Crippen molar-refractivity contribution in [3.05, 3.63) is 40.1 Å². The van der Waals surface area contributed by atoms with Crippen LogP contribution in [0.3, 0.4) is 0 Å². The van der Waals surface area contributed by atoms with E-state index in [1.54, 1.807) is 32.9 Å². The van der Waals surface area contributed by atoms with Gasteiger partial charge in [-0.1, -0.05) is 0 Å². The Hall–Kier alpha value is -2.15. The Morgan fingerprint density at radius 1 is 1.33 bits per heavy atom. The highest BCUT2D eigenvalue weighted by Crippen LogP contribution is 2.24. The highest BCUT2D eigenvalue weighted by molar-refractivity contribution is 7.16. The number of imidazole rings is 1. The molecule has 0 fully saturated rings. The molecule has 7 heteroatoms. The summed E-state index contributed by atoms with van der Waals surface area (Å²) in [5.74, 6) is 1.44. The van der Waals surface area contributed by atoms with Gasteiger partial charge in [0.25, 0.3) is 0 Å². The van der Waals surface area contributed by atoms with Crippen molar-refractivity contribution in [2.24, 2.45) is 0 Å². The summed E-state index contributed by atoms with van der Waals surface area (Å²) in [4.78, 5) is 22.2. The molecule has 6 nitrogen and oxygen atoms in total. The van der Waals surface area contributed by atoms with E-state index in [0.717, 1.165) is 16.0 Å². The number of nitrogens with one attached hydrogen (secondary N) is 1. The van der Waals surface area contributed by atoms with E-state index in [1.807, 2.05) is 32.3 Å². The van der Waals surface area contributed by atoms with Crippen molar-refractivity contribution < 1.29 is 0 Å². The van der Waals surface area contributed by atoms with Gasteiger partial charge in [0.2, 0.25) is 0 Å². The zero-order chi connectivity index (χ0) is 15.0. The van der Waals surface area contributed by atoms with Gasteiger partial charge in [0.15, 0.2) is 5.82 Å². The number of rotatable bonds is 4. The Morgan fingerprint density at radius 3 is 2.81 bits per heavy atom. The molecule has 0 bridgehead atoms. The van der Waals surface area contributed by atoms with Crippen molar-refractivity contribution in [3.8, 4) is 0 Å². The van der Waals surface area contributed by atoms with Crippen molar-refractivity contribution in [3.63, 3.8) is 0 Å². The number of anilines is 1. The number of hydrogen-bond acceptors (Lipinski definition) is 5. The zero-order valence-electron chi connectivity index (χ0n) is 12.2. The Kier molecular flexibility index (Phi) is 3.50. The first-order valence-electron chi connectivity index (χ1n) is 6.79. The number of nitrogens with zero attached hydrogens (tertiary/aromatic N) is 4. The highest BCUT2D eigenvalue weighted by atomic mass is 32.1. The Morgan fingerprint density at radius 2 is 2.14 bits per heavy atom. The number of aromatic nitrogens is 4. The fourth-order valence-corrected chi connectivity index (χ4v) is 3.04. The van der Waals surface area contributed by atoms with Crippen LogP contribution < -0.4 is 11.0 Å². The van der Waals surface area contributed by atoms with E-state index in [1.165, 1.54) is 0 Å². The quantitative estimate of drug-likeness (QED) is 0.803. The van der Waals surface area contributed by atoms with Gasteiger partial charge in [-0.2, -0.15) is 0 Å². The molecule has 0 aromatic carbocycles.